The average Bonchev–Trinajstić information content (AvgIpc) is 2.85. The molecule has 0 N–H and O–H groups in total. The van der Waals surface area contributed by atoms with Crippen LogP contribution in [0.3, 0.4) is 0 Å². The third kappa shape index (κ3) is 2.28. The molecule has 0 amide bonds. The van der Waals surface area contributed by atoms with Crippen molar-refractivity contribution in [2.45, 2.75) is 0 Å². The number of benzene rings is 1. The number of nitrogens with zero attached hydrogens (tertiary/aromatic N) is 4. The predicted molar refractivity (Wildman–Crippen MR) is 74.6 cm³/mol. The fourth-order valence-electron chi connectivity index (χ4n) is 2.05. The zero-order chi connectivity index (χ0) is 14.1. The summed E-state index contributed by atoms with van der Waals surface area (Å²) in [5.74, 6) is 0.263. The Morgan fingerprint density at radius 2 is 2.00 bits per heavy atom. The lowest BCUT2D eigenvalue weighted by Gasteiger charge is -2.09. The first-order valence-corrected chi connectivity index (χ1v) is 6.29. The molecule has 0 atom stereocenters. The van der Waals surface area contributed by atoms with Crippen LogP contribution in [0.1, 0.15) is 0 Å². The van der Waals surface area contributed by atoms with E-state index in [4.69, 9.17) is 11.6 Å². The molecule has 0 fully saturated rings. The zero-order valence-corrected chi connectivity index (χ0v) is 11.3. The van der Waals surface area contributed by atoms with Gasteiger partial charge in [0, 0.05) is 18.8 Å². The van der Waals surface area contributed by atoms with E-state index in [2.05, 4.69) is 15.2 Å². The minimum absolute atomic E-state index is 0.327. The number of rotatable bonds is 2. The second-order valence-electron chi connectivity index (χ2n) is 4.32. The van der Waals surface area contributed by atoms with Gasteiger partial charge < -0.3 is 4.57 Å². The van der Waals surface area contributed by atoms with E-state index in [-0.39, 0.29) is 5.82 Å². The Bertz CT molecular complexity index is 769. The summed E-state index contributed by atoms with van der Waals surface area (Å²) in [6, 6.07) is 8.09. The molecule has 0 spiro atoms. The SMILES string of the molecule is Cn1cnnc1-c1cc(F)ccc1-c1ccnc(Cl)c1. The fraction of sp³-hybridized carbons (Fsp3) is 0.0714. The third-order valence-electron chi connectivity index (χ3n) is 2.97. The van der Waals surface area contributed by atoms with E-state index < -0.39 is 0 Å². The Morgan fingerprint density at radius 1 is 1.15 bits per heavy atom. The molecule has 0 unspecified atom stereocenters. The minimum atomic E-state index is -0.327. The van der Waals surface area contributed by atoms with E-state index in [1.807, 2.05) is 13.1 Å². The maximum atomic E-state index is 13.6. The number of pyridine rings is 1. The Labute approximate surface area is 119 Å². The summed E-state index contributed by atoms with van der Waals surface area (Å²) in [5.41, 5.74) is 2.34. The molecule has 2 heterocycles. The molecule has 0 aliphatic heterocycles. The minimum Gasteiger partial charge on any atom is -0.317 e. The summed E-state index contributed by atoms with van der Waals surface area (Å²) in [5, 5.41) is 8.25. The van der Waals surface area contributed by atoms with Crippen molar-refractivity contribution in [3.05, 3.63) is 53.8 Å². The van der Waals surface area contributed by atoms with Gasteiger partial charge in [-0.2, -0.15) is 0 Å². The molecule has 2 aromatic heterocycles. The first-order chi connectivity index (χ1) is 9.65. The second-order valence-corrected chi connectivity index (χ2v) is 4.71. The van der Waals surface area contributed by atoms with Gasteiger partial charge in [-0.25, -0.2) is 9.37 Å². The second kappa shape index (κ2) is 5.02. The molecule has 0 aliphatic rings. The highest BCUT2D eigenvalue weighted by Gasteiger charge is 2.13. The van der Waals surface area contributed by atoms with Crippen LogP contribution in [0.5, 0.6) is 0 Å². The zero-order valence-electron chi connectivity index (χ0n) is 10.6. The van der Waals surface area contributed by atoms with Crippen LogP contribution in [-0.4, -0.2) is 19.7 Å². The molecule has 6 heteroatoms. The first-order valence-electron chi connectivity index (χ1n) is 5.91. The normalized spacial score (nSPS) is 10.8. The highest BCUT2D eigenvalue weighted by atomic mass is 35.5. The van der Waals surface area contributed by atoms with Crippen LogP contribution in [0, 0.1) is 5.82 Å². The number of aromatic nitrogens is 4. The first kappa shape index (κ1) is 12.7. The van der Waals surface area contributed by atoms with Crippen LogP contribution in [0.15, 0.2) is 42.9 Å². The average molecular weight is 289 g/mol. The molecule has 1 aromatic carbocycles. The summed E-state index contributed by atoms with van der Waals surface area (Å²) in [7, 11) is 1.81. The lowest BCUT2D eigenvalue weighted by atomic mass is 10.00. The van der Waals surface area contributed by atoms with Crippen molar-refractivity contribution in [1.82, 2.24) is 19.7 Å². The van der Waals surface area contributed by atoms with Crippen molar-refractivity contribution < 1.29 is 4.39 Å². The molecule has 0 bridgehead atoms. The molecule has 0 saturated heterocycles. The topological polar surface area (TPSA) is 43.6 Å². The molecular formula is C14H10ClFN4. The van der Waals surface area contributed by atoms with Crippen LogP contribution in [0.2, 0.25) is 5.15 Å². The van der Waals surface area contributed by atoms with Gasteiger partial charge >= 0.3 is 0 Å². The van der Waals surface area contributed by atoms with Crippen molar-refractivity contribution in [3.63, 3.8) is 0 Å². The molecule has 0 aliphatic carbocycles. The van der Waals surface area contributed by atoms with Gasteiger partial charge in [-0.1, -0.05) is 17.7 Å². The van der Waals surface area contributed by atoms with Gasteiger partial charge in [0.1, 0.15) is 17.3 Å². The summed E-state index contributed by atoms with van der Waals surface area (Å²) >= 11 is 5.92. The van der Waals surface area contributed by atoms with Crippen molar-refractivity contribution in [3.8, 4) is 22.5 Å². The van der Waals surface area contributed by atoms with Gasteiger partial charge in [-0.05, 0) is 35.4 Å². The van der Waals surface area contributed by atoms with Gasteiger partial charge in [0.25, 0.3) is 0 Å². The summed E-state index contributed by atoms with van der Waals surface area (Å²) in [6.07, 6.45) is 3.19. The van der Waals surface area contributed by atoms with Crippen LogP contribution in [-0.2, 0) is 7.05 Å². The molecule has 100 valence electrons. The van der Waals surface area contributed by atoms with Crippen molar-refractivity contribution in [2.75, 3.05) is 0 Å². The fourth-order valence-corrected chi connectivity index (χ4v) is 2.22. The van der Waals surface area contributed by atoms with E-state index in [0.717, 1.165) is 11.1 Å². The van der Waals surface area contributed by atoms with Crippen LogP contribution >= 0.6 is 11.6 Å². The van der Waals surface area contributed by atoms with Crippen molar-refractivity contribution in [2.24, 2.45) is 7.05 Å². The van der Waals surface area contributed by atoms with Crippen LogP contribution in [0.25, 0.3) is 22.5 Å². The number of halogens is 2. The monoisotopic (exact) mass is 288 g/mol. The number of hydrogen-bond acceptors (Lipinski definition) is 3. The molecule has 0 radical (unpaired) electrons. The Balaban J connectivity index is 2.24. The highest BCUT2D eigenvalue weighted by molar-refractivity contribution is 6.29. The standard InChI is InChI=1S/C14H10ClFN4/c1-20-8-18-19-14(20)12-7-10(16)2-3-11(12)9-4-5-17-13(15)6-9/h2-8H,1H3. The van der Waals surface area contributed by atoms with E-state index in [0.29, 0.717) is 16.5 Å². The number of hydrogen-bond donors (Lipinski definition) is 0. The third-order valence-corrected chi connectivity index (χ3v) is 3.18. The summed E-state index contributed by atoms with van der Waals surface area (Å²) in [6.45, 7) is 0. The summed E-state index contributed by atoms with van der Waals surface area (Å²) < 4.78 is 15.3. The van der Waals surface area contributed by atoms with Crippen LogP contribution < -0.4 is 0 Å². The van der Waals surface area contributed by atoms with Crippen LogP contribution in [0.4, 0.5) is 4.39 Å². The quantitative estimate of drug-likeness (QED) is 0.679. The van der Waals surface area contributed by atoms with E-state index in [9.17, 15) is 4.39 Å². The van der Waals surface area contributed by atoms with Crippen molar-refractivity contribution in [1.29, 1.82) is 0 Å². The van der Waals surface area contributed by atoms with Gasteiger partial charge in [0.15, 0.2) is 5.82 Å². The molecule has 20 heavy (non-hydrogen) atoms. The van der Waals surface area contributed by atoms with Gasteiger partial charge in [-0.3, -0.25) is 0 Å². The largest absolute Gasteiger partial charge is 0.317 e. The maximum absolute atomic E-state index is 13.6. The van der Waals surface area contributed by atoms with Gasteiger partial charge in [0.2, 0.25) is 0 Å². The molecular weight excluding hydrogens is 279 g/mol. The maximum Gasteiger partial charge on any atom is 0.164 e. The van der Waals surface area contributed by atoms with Gasteiger partial charge in [-0.15, -0.1) is 10.2 Å². The van der Waals surface area contributed by atoms with E-state index >= 15 is 0 Å². The Kier molecular flexibility index (Phi) is 3.20. The number of aryl methyl sites for hydroxylation is 1. The Morgan fingerprint density at radius 3 is 2.70 bits per heavy atom. The van der Waals surface area contributed by atoms with E-state index in [1.54, 1.807) is 29.2 Å². The molecule has 0 saturated carbocycles. The smallest absolute Gasteiger partial charge is 0.164 e. The summed E-state index contributed by atoms with van der Waals surface area (Å²) in [4.78, 5) is 3.95. The predicted octanol–water partition coefficient (Wildman–Crippen LogP) is 3.34. The highest BCUT2D eigenvalue weighted by Crippen LogP contribution is 2.32. The molecule has 3 aromatic rings. The lowest BCUT2D eigenvalue weighted by molar-refractivity contribution is 0.628. The molecule has 4 nitrogen and oxygen atoms in total. The Hall–Kier alpha value is -2.27. The van der Waals surface area contributed by atoms with E-state index in [1.165, 1.54) is 12.1 Å². The van der Waals surface area contributed by atoms with Gasteiger partial charge in [0.05, 0.1) is 0 Å². The van der Waals surface area contributed by atoms with Crippen molar-refractivity contribution >= 4 is 11.6 Å². The molecule has 3 rings (SSSR count). The lowest BCUT2D eigenvalue weighted by Crippen LogP contribution is -1.95.